The molecule has 5 heteroatoms. The predicted molar refractivity (Wildman–Crippen MR) is 89.9 cm³/mol. The molecule has 0 radical (unpaired) electrons. The van der Waals surface area contributed by atoms with Crippen molar-refractivity contribution in [2.45, 2.75) is 71.8 Å². The number of imidazole rings is 1. The van der Waals surface area contributed by atoms with E-state index in [9.17, 15) is 9.59 Å². The van der Waals surface area contributed by atoms with Gasteiger partial charge in [0.05, 0.1) is 6.42 Å². The van der Waals surface area contributed by atoms with Crippen LogP contribution in [0.2, 0.25) is 0 Å². The molecule has 1 saturated heterocycles. The molecule has 2 rings (SSSR count). The number of aromatic nitrogens is 2. The molecule has 2 amide bonds. The lowest BCUT2D eigenvalue weighted by Crippen LogP contribution is -2.35. The summed E-state index contributed by atoms with van der Waals surface area (Å²) in [5.41, 5.74) is 0. The fourth-order valence-electron chi connectivity index (χ4n) is 3.30. The van der Waals surface area contributed by atoms with E-state index < -0.39 is 6.04 Å². The smallest absolute Gasteiger partial charge is 0.252 e. The number of imide groups is 1. The molecule has 1 aromatic rings. The lowest BCUT2D eigenvalue weighted by Gasteiger charge is -2.22. The van der Waals surface area contributed by atoms with Crippen molar-refractivity contribution in [2.24, 2.45) is 5.92 Å². The number of aryl methyl sites for hydroxylation is 1. The van der Waals surface area contributed by atoms with Gasteiger partial charge in [-0.3, -0.25) is 14.5 Å². The fraction of sp³-hybridized carbons (Fsp3) is 0.722. The minimum Gasteiger partial charge on any atom is -0.322 e. The zero-order chi connectivity index (χ0) is 16.8. The Balaban J connectivity index is 2.08. The number of carbonyl (C=O) groups is 2. The van der Waals surface area contributed by atoms with E-state index in [0.29, 0.717) is 12.5 Å². The molecule has 0 N–H and O–H groups in total. The maximum atomic E-state index is 12.8. The van der Waals surface area contributed by atoms with Crippen molar-refractivity contribution in [3.05, 3.63) is 18.2 Å². The Labute approximate surface area is 139 Å². The molecule has 1 aliphatic rings. The number of unbranched alkanes of at least 4 members (excludes halogenated alkanes) is 1. The molecule has 23 heavy (non-hydrogen) atoms. The molecule has 2 heterocycles. The van der Waals surface area contributed by atoms with Crippen LogP contribution in [0.1, 0.15) is 71.2 Å². The molecule has 1 aliphatic heterocycles. The largest absolute Gasteiger partial charge is 0.322 e. The Morgan fingerprint density at radius 3 is 2.70 bits per heavy atom. The average Bonchev–Trinajstić information content (AvgIpc) is 3.10. The van der Waals surface area contributed by atoms with Gasteiger partial charge in [0.2, 0.25) is 5.91 Å². The third-order valence-electron chi connectivity index (χ3n) is 4.76. The first-order valence-corrected chi connectivity index (χ1v) is 8.98. The van der Waals surface area contributed by atoms with Crippen molar-refractivity contribution in [2.75, 3.05) is 6.54 Å². The second kappa shape index (κ2) is 8.27. The Morgan fingerprint density at radius 2 is 2.04 bits per heavy atom. The molecule has 0 spiro atoms. The van der Waals surface area contributed by atoms with Crippen molar-refractivity contribution >= 4 is 11.8 Å². The Hall–Kier alpha value is -1.65. The van der Waals surface area contributed by atoms with E-state index in [4.69, 9.17) is 0 Å². The van der Waals surface area contributed by atoms with Crippen molar-refractivity contribution in [1.29, 1.82) is 0 Å². The van der Waals surface area contributed by atoms with Gasteiger partial charge < -0.3 is 4.57 Å². The molecule has 0 saturated carbocycles. The molecular weight excluding hydrogens is 290 g/mol. The van der Waals surface area contributed by atoms with E-state index in [2.05, 4.69) is 25.8 Å². The zero-order valence-corrected chi connectivity index (χ0v) is 14.6. The first-order chi connectivity index (χ1) is 11.1. The van der Waals surface area contributed by atoms with Gasteiger partial charge in [-0.05, 0) is 18.8 Å². The monoisotopic (exact) mass is 319 g/mol. The van der Waals surface area contributed by atoms with E-state index in [0.717, 1.165) is 44.3 Å². The highest BCUT2D eigenvalue weighted by molar-refractivity contribution is 6.04. The van der Waals surface area contributed by atoms with Gasteiger partial charge in [0.1, 0.15) is 11.9 Å². The van der Waals surface area contributed by atoms with Crippen LogP contribution < -0.4 is 0 Å². The third kappa shape index (κ3) is 4.01. The minimum atomic E-state index is -0.393. The highest BCUT2D eigenvalue weighted by Gasteiger charge is 2.40. The number of rotatable bonds is 9. The number of hydrogen-bond acceptors (Lipinski definition) is 3. The molecule has 128 valence electrons. The second-order valence-corrected chi connectivity index (χ2v) is 6.48. The number of likely N-dealkylation sites (tertiary alicyclic amines) is 1. The first kappa shape index (κ1) is 17.7. The first-order valence-electron chi connectivity index (χ1n) is 8.98. The number of nitrogens with zero attached hydrogens (tertiary/aromatic N) is 3. The lowest BCUT2D eigenvalue weighted by molar-refractivity contribution is -0.140. The third-order valence-corrected chi connectivity index (χ3v) is 4.76. The molecule has 0 aromatic carbocycles. The van der Waals surface area contributed by atoms with Gasteiger partial charge in [0.25, 0.3) is 5.91 Å². The van der Waals surface area contributed by atoms with E-state index in [1.807, 2.05) is 10.8 Å². The quantitative estimate of drug-likeness (QED) is 0.656. The number of amides is 2. The van der Waals surface area contributed by atoms with Crippen LogP contribution >= 0.6 is 0 Å². The Bertz CT molecular complexity index is 538. The van der Waals surface area contributed by atoms with Crippen molar-refractivity contribution < 1.29 is 9.59 Å². The van der Waals surface area contributed by atoms with Gasteiger partial charge in [-0.15, -0.1) is 0 Å². The summed E-state index contributed by atoms with van der Waals surface area (Å²) in [5.74, 6) is 1.23. The summed E-state index contributed by atoms with van der Waals surface area (Å²) in [6, 6.07) is -0.393. The summed E-state index contributed by atoms with van der Waals surface area (Å²) < 4.78 is 1.90. The van der Waals surface area contributed by atoms with Crippen molar-refractivity contribution in [1.82, 2.24) is 14.5 Å². The topological polar surface area (TPSA) is 55.2 Å². The molecule has 1 aromatic heterocycles. The van der Waals surface area contributed by atoms with Crippen LogP contribution in [0.15, 0.2) is 12.4 Å². The van der Waals surface area contributed by atoms with Crippen LogP contribution in [-0.2, 0) is 16.0 Å². The van der Waals surface area contributed by atoms with E-state index in [1.165, 1.54) is 4.90 Å². The van der Waals surface area contributed by atoms with Gasteiger partial charge in [0.15, 0.2) is 0 Å². The molecule has 0 bridgehead atoms. The summed E-state index contributed by atoms with van der Waals surface area (Å²) in [7, 11) is 0. The summed E-state index contributed by atoms with van der Waals surface area (Å²) in [6.45, 7) is 6.97. The molecule has 2 unspecified atom stereocenters. The van der Waals surface area contributed by atoms with E-state index in [1.54, 1.807) is 6.20 Å². The van der Waals surface area contributed by atoms with Crippen LogP contribution in [0.3, 0.4) is 0 Å². The summed E-state index contributed by atoms with van der Waals surface area (Å²) in [5, 5.41) is 0. The van der Waals surface area contributed by atoms with Gasteiger partial charge in [-0.2, -0.15) is 0 Å². The Kier molecular flexibility index (Phi) is 6.37. The summed E-state index contributed by atoms with van der Waals surface area (Å²) in [6.07, 6.45) is 10.0. The predicted octanol–water partition coefficient (Wildman–Crippen LogP) is 3.35. The molecule has 0 aliphatic carbocycles. The molecule has 5 nitrogen and oxygen atoms in total. The van der Waals surface area contributed by atoms with Gasteiger partial charge in [-0.1, -0.05) is 40.0 Å². The van der Waals surface area contributed by atoms with Gasteiger partial charge >= 0.3 is 0 Å². The summed E-state index contributed by atoms with van der Waals surface area (Å²) in [4.78, 5) is 30.9. The van der Waals surface area contributed by atoms with Crippen molar-refractivity contribution in [3.8, 4) is 0 Å². The van der Waals surface area contributed by atoms with E-state index in [-0.39, 0.29) is 18.2 Å². The summed E-state index contributed by atoms with van der Waals surface area (Å²) >= 11 is 0. The van der Waals surface area contributed by atoms with Crippen molar-refractivity contribution in [3.63, 3.8) is 0 Å². The fourth-order valence-corrected chi connectivity index (χ4v) is 3.30. The lowest BCUT2D eigenvalue weighted by atomic mass is 9.99. The normalized spacial score (nSPS) is 19.6. The second-order valence-electron chi connectivity index (χ2n) is 6.48. The van der Waals surface area contributed by atoms with Gasteiger partial charge in [-0.25, -0.2) is 4.98 Å². The maximum Gasteiger partial charge on any atom is 0.252 e. The minimum absolute atomic E-state index is 0.0360. The maximum absolute atomic E-state index is 12.8. The molecule has 2 atom stereocenters. The van der Waals surface area contributed by atoms with E-state index >= 15 is 0 Å². The zero-order valence-electron chi connectivity index (χ0n) is 14.6. The van der Waals surface area contributed by atoms with Crippen LogP contribution in [0.4, 0.5) is 0 Å². The standard InChI is InChI=1S/C18H29N3O2/c1-4-7-9-14(6-3)13-21-17(22)12-15(18(21)23)20-11-10-19-16(20)8-5-2/h10-11,14-15H,4-9,12-13H2,1-3H3. The van der Waals surface area contributed by atoms with Gasteiger partial charge in [0, 0.05) is 25.4 Å². The highest BCUT2D eigenvalue weighted by Crippen LogP contribution is 2.28. The van der Waals surface area contributed by atoms with Crippen LogP contribution in [0.25, 0.3) is 0 Å². The highest BCUT2D eigenvalue weighted by atomic mass is 16.2. The Morgan fingerprint density at radius 1 is 1.26 bits per heavy atom. The number of hydrogen-bond donors (Lipinski definition) is 0. The number of carbonyl (C=O) groups excluding carboxylic acids is 2. The average molecular weight is 319 g/mol. The molecular formula is C18H29N3O2. The SMILES string of the molecule is CCCCC(CC)CN1C(=O)CC(n2ccnc2CCC)C1=O. The van der Waals surface area contributed by atoms with Crippen LogP contribution in [0, 0.1) is 5.92 Å². The van der Waals surface area contributed by atoms with Crippen LogP contribution in [0.5, 0.6) is 0 Å². The van der Waals surface area contributed by atoms with Crippen LogP contribution in [-0.4, -0.2) is 32.8 Å². The molecule has 1 fully saturated rings.